The van der Waals surface area contributed by atoms with Crippen molar-refractivity contribution in [3.8, 4) is 0 Å². The van der Waals surface area contributed by atoms with Gasteiger partial charge in [-0.1, -0.05) is 0 Å². The molecule has 1 heterocycles. The SMILES string of the molecule is CC1CC(C(=O)NC(CO)c2cc(F)c(F)c(F)c2)CC(C)O1. The molecule has 7 heteroatoms. The van der Waals surface area contributed by atoms with Gasteiger partial charge in [-0.15, -0.1) is 0 Å². The van der Waals surface area contributed by atoms with Crippen LogP contribution in [0.25, 0.3) is 0 Å². The van der Waals surface area contributed by atoms with E-state index in [9.17, 15) is 23.1 Å². The average molecular weight is 331 g/mol. The molecule has 3 unspecified atom stereocenters. The summed E-state index contributed by atoms with van der Waals surface area (Å²) < 4.78 is 45.2. The zero-order valence-corrected chi connectivity index (χ0v) is 13.0. The minimum Gasteiger partial charge on any atom is -0.394 e. The van der Waals surface area contributed by atoms with Gasteiger partial charge in [0.25, 0.3) is 0 Å². The molecule has 1 fully saturated rings. The lowest BCUT2D eigenvalue weighted by atomic mass is 9.91. The van der Waals surface area contributed by atoms with E-state index in [1.165, 1.54) is 0 Å². The molecule has 1 aliphatic heterocycles. The van der Waals surface area contributed by atoms with Gasteiger partial charge in [0.1, 0.15) is 0 Å². The Morgan fingerprint density at radius 3 is 2.26 bits per heavy atom. The Balaban J connectivity index is 2.11. The van der Waals surface area contributed by atoms with Crippen molar-refractivity contribution in [2.75, 3.05) is 6.61 Å². The maximum Gasteiger partial charge on any atom is 0.223 e. The monoisotopic (exact) mass is 331 g/mol. The fraction of sp³-hybridized carbons (Fsp3) is 0.562. The molecule has 2 N–H and O–H groups in total. The summed E-state index contributed by atoms with van der Waals surface area (Å²) in [5.41, 5.74) is -0.0228. The van der Waals surface area contributed by atoms with Crippen LogP contribution in [0.3, 0.4) is 0 Å². The molecule has 1 amide bonds. The standard InChI is InChI=1S/C16H20F3NO3/c1-8-3-11(4-9(2)23-8)16(22)20-14(7-21)10-5-12(17)15(19)13(18)6-10/h5-6,8-9,11,14,21H,3-4,7H2,1-2H3,(H,20,22). The van der Waals surface area contributed by atoms with Gasteiger partial charge >= 0.3 is 0 Å². The molecule has 0 saturated carbocycles. The van der Waals surface area contributed by atoms with Crippen LogP contribution < -0.4 is 5.32 Å². The zero-order valence-electron chi connectivity index (χ0n) is 13.0. The Morgan fingerprint density at radius 2 is 1.78 bits per heavy atom. The van der Waals surface area contributed by atoms with Crippen molar-refractivity contribution in [1.82, 2.24) is 5.32 Å². The number of rotatable bonds is 4. The normalized spacial score (nSPS) is 25.9. The zero-order chi connectivity index (χ0) is 17.1. The summed E-state index contributed by atoms with van der Waals surface area (Å²) >= 11 is 0. The fourth-order valence-electron chi connectivity index (χ4n) is 2.92. The van der Waals surface area contributed by atoms with E-state index in [2.05, 4.69) is 5.32 Å². The second kappa shape index (κ2) is 7.31. The number of hydrogen-bond acceptors (Lipinski definition) is 3. The Kier molecular flexibility index (Phi) is 5.64. The van der Waals surface area contributed by atoms with E-state index in [1.807, 2.05) is 13.8 Å². The number of aliphatic hydroxyl groups excluding tert-OH is 1. The van der Waals surface area contributed by atoms with Crippen LogP contribution in [0.15, 0.2) is 12.1 Å². The molecule has 2 rings (SSSR count). The maximum absolute atomic E-state index is 13.3. The first kappa shape index (κ1) is 17.7. The molecule has 0 bridgehead atoms. The molecule has 0 aliphatic carbocycles. The van der Waals surface area contributed by atoms with Crippen molar-refractivity contribution in [3.05, 3.63) is 35.1 Å². The molecule has 4 nitrogen and oxygen atoms in total. The van der Waals surface area contributed by atoms with Crippen molar-refractivity contribution >= 4 is 5.91 Å². The highest BCUT2D eigenvalue weighted by molar-refractivity contribution is 5.79. The third-order valence-corrected chi connectivity index (χ3v) is 3.98. The lowest BCUT2D eigenvalue weighted by Crippen LogP contribution is -2.41. The number of nitrogens with one attached hydrogen (secondary N) is 1. The summed E-state index contributed by atoms with van der Waals surface area (Å²) in [7, 11) is 0. The number of benzene rings is 1. The Labute approximate surface area is 132 Å². The molecule has 3 atom stereocenters. The van der Waals surface area contributed by atoms with Gasteiger partial charge in [-0.2, -0.15) is 0 Å². The average Bonchev–Trinajstić information content (AvgIpc) is 2.48. The molecular formula is C16H20F3NO3. The van der Waals surface area contributed by atoms with Crippen LogP contribution in [-0.2, 0) is 9.53 Å². The third kappa shape index (κ3) is 4.23. The highest BCUT2D eigenvalue weighted by Crippen LogP contribution is 2.26. The summed E-state index contributed by atoms with van der Waals surface area (Å²) in [5.74, 6) is -4.93. The lowest BCUT2D eigenvalue weighted by molar-refractivity contribution is -0.134. The van der Waals surface area contributed by atoms with Crippen LogP contribution in [0.5, 0.6) is 0 Å². The van der Waals surface area contributed by atoms with Crippen LogP contribution in [0.2, 0.25) is 0 Å². The maximum atomic E-state index is 13.3. The second-order valence-corrected chi connectivity index (χ2v) is 5.97. The first-order valence-electron chi connectivity index (χ1n) is 7.53. The lowest BCUT2D eigenvalue weighted by Gasteiger charge is -2.32. The number of ether oxygens (including phenoxy) is 1. The molecular weight excluding hydrogens is 311 g/mol. The Bertz CT molecular complexity index is 549. The van der Waals surface area contributed by atoms with Crippen molar-refractivity contribution in [3.63, 3.8) is 0 Å². The summed E-state index contributed by atoms with van der Waals surface area (Å²) in [4.78, 5) is 12.3. The smallest absolute Gasteiger partial charge is 0.223 e. The van der Waals surface area contributed by atoms with Gasteiger partial charge in [-0.05, 0) is 44.4 Å². The minimum absolute atomic E-state index is 0.0228. The molecule has 128 valence electrons. The van der Waals surface area contributed by atoms with Gasteiger partial charge in [0.05, 0.1) is 24.9 Å². The van der Waals surface area contributed by atoms with Crippen molar-refractivity contribution in [1.29, 1.82) is 0 Å². The topological polar surface area (TPSA) is 58.6 Å². The Morgan fingerprint density at radius 1 is 1.26 bits per heavy atom. The van der Waals surface area contributed by atoms with Gasteiger partial charge in [0.2, 0.25) is 5.91 Å². The number of carbonyl (C=O) groups is 1. The summed E-state index contributed by atoms with van der Waals surface area (Å²) in [5, 5.41) is 12.0. The van der Waals surface area contributed by atoms with Gasteiger partial charge < -0.3 is 15.2 Å². The highest BCUT2D eigenvalue weighted by atomic mass is 19.2. The van der Waals surface area contributed by atoms with E-state index in [0.29, 0.717) is 12.8 Å². The van der Waals surface area contributed by atoms with E-state index < -0.39 is 30.1 Å². The Hall–Kier alpha value is -1.60. The fourth-order valence-corrected chi connectivity index (χ4v) is 2.92. The van der Waals surface area contributed by atoms with Gasteiger partial charge in [0.15, 0.2) is 17.5 Å². The van der Waals surface area contributed by atoms with E-state index in [0.717, 1.165) is 12.1 Å². The summed E-state index contributed by atoms with van der Waals surface area (Å²) in [6.07, 6.45) is 0.923. The van der Waals surface area contributed by atoms with Crippen molar-refractivity contribution in [2.45, 2.75) is 44.9 Å². The van der Waals surface area contributed by atoms with E-state index in [1.54, 1.807) is 0 Å². The molecule has 1 saturated heterocycles. The summed E-state index contributed by atoms with van der Waals surface area (Å²) in [6, 6.07) is 0.546. The van der Waals surface area contributed by atoms with Gasteiger partial charge in [0, 0.05) is 5.92 Å². The number of hydrogen-bond donors (Lipinski definition) is 2. The molecule has 23 heavy (non-hydrogen) atoms. The first-order chi connectivity index (χ1) is 10.8. The number of halogens is 3. The molecule has 0 aromatic heterocycles. The van der Waals surface area contributed by atoms with E-state index in [-0.39, 0.29) is 29.6 Å². The van der Waals surface area contributed by atoms with E-state index in [4.69, 9.17) is 4.74 Å². The van der Waals surface area contributed by atoms with Crippen LogP contribution >= 0.6 is 0 Å². The van der Waals surface area contributed by atoms with Gasteiger partial charge in [-0.25, -0.2) is 13.2 Å². The molecule has 1 aromatic carbocycles. The number of aliphatic hydroxyl groups is 1. The molecule has 1 aliphatic rings. The molecule has 0 spiro atoms. The van der Waals surface area contributed by atoms with Crippen LogP contribution in [0.4, 0.5) is 13.2 Å². The van der Waals surface area contributed by atoms with Gasteiger partial charge in [-0.3, -0.25) is 4.79 Å². The highest BCUT2D eigenvalue weighted by Gasteiger charge is 2.31. The largest absolute Gasteiger partial charge is 0.394 e. The van der Waals surface area contributed by atoms with Crippen LogP contribution in [0.1, 0.15) is 38.3 Å². The quantitative estimate of drug-likeness (QED) is 0.833. The van der Waals surface area contributed by atoms with Crippen LogP contribution in [-0.4, -0.2) is 29.8 Å². The van der Waals surface area contributed by atoms with Crippen molar-refractivity contribution in [2.24, 2.45) is 5.92 Å². The summed E-state index contributed by atoms with van der Waals surface area (Å²) in [6.45, 7) is 3.18. The molecule has 1 aromatic rings. The second-order valence-electron chi connectivity index (χ2n) is 5.97. The van der Waals surface area contributed by atoms with Crippen LogP contribution in [0, 0.1) is 23.4 Å². The van der Waals surface area contributed by atoms with Crippen molar-refractivity contribution < 1.29 is 27.8 Å². The van der Waals surface area contributed by atoms with E-state index >= 15 is 0 Å². The third-order valence-electron chi connectivity index (χ3n) is 3.98. The number of carbonyl (C=O) groups excluding carboxylic acids is 1. The number of amides is 1. The predicted octanol–water partition coefficient (Wildman–Crippen LogP) is 2.46. The predicted molar refractivity (Wildman–Crippen MR) is 77.0 cm³/mol. The first-order valence-corrected chi connectivity index (χ1v) is 7.53. The minimum atomic E-state index is -1.58. The molecule has 0 radical (unpaired) electrons.